The van der Waals surface area contributed by atoms with Crippen LogP contribution < -0.4 is 16.6 Å². The van der Waals surface area contributed by atoms with Gasteiger partial charge in [-0.25, -0.2) is 4.79 Å². The molecule has 8 nitrogen and oxygen atoms in total. The SMILES string of the molecule is N#Cc1cn(C2CCC(=O)NC2=O)c(=O)[nH]c1=O. The molecule has 1 saturated heterocycles. The van der Waals surface area contributed by atoms with E-state index in [1.807, 2.05) is 4.98 Å². The van der Waals surface area contributed by atoms with Gasteiger partial charge in [-0.1, -0.05) is 0 Å². The highest BCUT2D eigenvalue weighted by Crippen LogP contribution is 2.15. The van der Waals surface area contributed by atoms with Crippen LogP contribution >= 0.6 is 0 Å². The molecule has 1 aliphatic heterocycles. The van der Waals surface area contributed by atoms with Crippen molar-refractivity contribution in [3.63, 3.8) is 0 Å². The lowest BCUT2D eigenvalue weighted by molar-refractivity contribution is -0.135. The van der Waals surface area contributed by atoms with Gasteiger partial charge in [0, 0.05) is 12.6 Å². The molecule has 1 aromatic heterocycles. The van der Waals surface area contributed by atoms with Crippen LogP contribution in [0.4, 0.5) is 0 Å². The summed E-state index contributed by atoms with van der Waals surface area (Å²) in [5.74, 6) is -1.03. The number of nitrogens with one attached hydrogen (secondary N) is 2. The zero-order valence-electron chi connectivity index (χ0n) is 9.10. The lowest BCUT2D eigenvalue weighted by Gasteiger charge is -2.22. The molecule has 0 aliphatic carbocycles. The predicted molar refractivity (Wildman–Crippen MR) is 57.5 cm³/mol. The van der Waals surface area contributed by atoms with Crippen molar-refractivity contribution in [2.45, 2.75) is 18.9 Å². The Kier molecular flexibility index (Phi) is 2.81. The molecule has 1 fully saturated rings. The largest absolute Gasteiger partial charge is 0.329 e. The summed E-state index contributed by atoms with van der Waals surface area (Å²) >= 11 is 0. The van der Waals surface area contributed by atoms with Gasteiger partial charge in [0.2, 0.25) is 11.8 Å². The van der Waals surface area contributed by atoms with Gasteiger partial charge in [0.05, 0.1) is 0 Å². The minimum absolute atomic E-state index is 0.101. The molecule has 1 aliphatic rings. The molecule has 2 amide bonds. The van der Waals surface area contributed by atoms with Crippen LogP contribution in [0.1, 0.15) is 24.4 Å². The second kappa shape index (κ2) is 4.29. The number of hydrogen-bond donors (Lipinski definition) is 2. The van der Waals surface area contributed by atoms with Gasteiger partial charge in [-0.3, -0.25) is 29.3 Å². The Morgan fingerprint density at radius 3 is 2.67 bits per heavy atom. The fraction of sp³-hybridized carbons (Fsp3) is 0.300. The summed E-state index contributed by atoms with van der Waals surface area (Å²) in [5.41, 5.74) is -1.85. The van der Waals surface area contributed by atoms with Crippen molar-refractivity contribution in [2.24, 2.45) is 0 Å². The molecule has 92 valence electrons. The fourth-order valence-corrected chi connectivity index (χ4v) is 1.74. The number of carbonyl (C=O) groups excluding carboxylic acids is 2. The number of hydrogen-bond acceptors (Lipinski definition) is 5. The van der Waals surface area contributed by atoms with Crippen molar-refractivity contribution in [2.75, 3.05) is 0 Å². The molecule has 0 bridgehead atoms. The van der Waals surface area contributed by atoms with Crippen LogP contribution in [0, 0.1) is 11.3 Å². The second-order valence-electron chi connectivity index (χ2n) is 3.79. The number of rotatable bonds is 1. The molecule has 0 saturated carbocycles. The number of aromatic amines is 1. The Labute approximate surface area is 99.9 Å². The average molecular weight is 248 g/mol. The van der Waals surface area contributed by atoms with Gasteiger partial charge in [-0.15, -0.1) is 0 Å². The summed E-state index contributed by atoms with van der Waals surface area (Å²) < 4.78 is 0.960. The lowest BCUT2D eigenvalue weighted by Crippen LogP contribution is -2.45. The van der Waals surface area contributed by atoms with Crippen molar-refractivity contribution in [3.8, 4) is 6.07 Å². The summed E-state index contributed by atoms with van der Waals surface area (Å²) in [5, 5.41) is 10.8. The summed E-state index contributed by atoms with van der Waals surface area (Å²) in [6, 6.07) is 0.734. The number of imide groups is 1. The molecule has 2 rings (SSSR count). The maximum absolute atomic E-state index is 11.6. The van der Waals surface area contributed by atoms with E-state index < -0.39 is 29.1 Å². The molecule has 0 spiro atoms. The number of nitriles is 1. The Hall–Kier alpha value is -2.69. The topological polar surface area (TPSA) is 125 Å². The van der Waals surface area contributed by atoms with E-state index in [2.05, 4.69) is 5.32 Å². The quantitative estimate of drug-likeness (QED) is 0.578. The van der Waals surface area contributed by atoms with E-state index in [4.69, 9.17) is 5.26 Å². The van der Waals surface area contributed by atoms with Crippen LogP contribution in [-0.2, 0) is 9.59 Å². The van der Waals surface area contributed by atoms with Gasteiger partial charge in [0.25, 0.3) is 5.56 Å². The summed E-state index contributed by atoms with van der Waals surface area (Å²) in [7, 11) is 0. The monoisotopic (exact) mass is 248 g/mol. The second-order valence-corrected chi connectivity index (χ2v) is 3.79. The van der Waals surface area contributed by atoms with Crippen molar-refractivity contribution < 1.29 is 9.59 Å². The third-order valence-corrected chi connectivity index (χ3v) is 2.63. The summed E-state index contributed by atoms with van der Waals surface area (Å²) in [6.07, 6.45) is 1.28. The highest BCUT2D eigenvalue weighted by molar-refractivity contribution is 5.99. The third kappa shape index (κ3) is 1.93. The predicted octanol–water partition coefficient (Wildman–Crippen LogP) is -1.61. The maximum Gasteiger partial charge on any atom is 0.329 e. The Morgan fingerprint density at radius 1 is 1.33 bits per heavy atom. The number of H-pyrrole nitrogens is 1. The van der Waals surface area contributed by atoms with Crippen LogP contribution in [0.5, 0.6) is 0 Å². The Balaban J connectivity index is 2.49. The van der Waals surface area contributed by atoms with Gasteiger partial charge in [-0.2, -0.15) is 5.26 Å². The third-order valence-electron chi connectivity index (χ3n) is 2.63. The van der Waals surface area contributed by atoms with Crippen molar-refractivity contribution in [1.29, 1.82) is 5.26 Å². The first-order valence-electron chi connectivity index (χ1n) is 5.12. The number of carbonyl (C=O) groups is 2. The minimum Gasteiger partial charge on any atom is -0.295 e. The molecule has 2 heterocycles. The average Bonchev–Trinajstić information content (AvgIpc) is 2.30. The summed E-state index contributed by atoms with van der Waals surface area (Å²) in [4.78, 5) is 47.3. The van der Waals surface area contributed by atoms with Gasteiger partial charge in [-0.05, 0) is 6.42 Å². The molecule has 0 radical (unpaired) electrons. The molecule has 18 heavy (non-hydrogen) atoms. The molecule has 0 aromatic carbocycles. The van der Waals surface area contributed by atoms with Crippen molar-refractivity contribution in [3.05, 3.63) is 32.6 Å². The van der Waals surface area contributed by atoms with Crippen LogP contribution in [0.3, 0.4) is 0 Å². The normalized spacial score (nSPS) is 19.2. The van der Waals surface area contributed by atoms with Gasteiger partial charge < -0.3 is 0 Å². The van der Waals surface area contributed by atoms with E-state index >= 15 is 0 Å². The van der Waals surface area contributed by atoms with E-state index in [-0.39, 0.29) is 18.4 Å². The summed E-state index contributed by atoms with van der Waals surface area (Å²) in [6.45, 7) is 0. The first-order valence-corrected chi connectivity index (χ1v) is 5.12. The van der Waals surface area contributed by atoms with Gasteiger partial charge in [0.15, 0.2) is 0 Å². The first-order chi connectivity index (χ1) is 8.52. The van der Waals surface area contributed by atoms with Gasteiger partial charge in [0.1, 0.15) is 17.7 Å². The molecule has 1 aromatic rings. The van der Waals surface area contributed by atoms with Crippen LogP contribution in [-0.4, -0.2) is 21.4 Å². The van der Waals surface area contributed by atoms with Gasteiger partial charge >= 0.3 is 5.69 Å². The molecule has 1 unspecified atom stereocenters. The zero-order valence-corrected chi connectivity index (χ0v) is 9.10. The maximum atomic E-state index is 11.6. The smallest absolute Gasteiger partial charge is 0.295 e. The first kappa shape index (κ1) is 11.8. The number of aromatic nitrogens is 2. The van der Waals surface area contributed by atoms with E-state index in [1.54, 1.807) is 6.07 Å². The lowest BCUT2D eigenvalue weighted by atomic mass is 10.1. The van der Waals surface area contributed by atoms with E-state index in [0.717, 1.165) is 10.8 Å². The number of nitrogens with zero attached hydrogens (tertiary/aromatic N) is 2. The van der Waals surface area contributed by atoms with Crippen LogP contribution in [0.15, 0.2) is 15.8 Å². The highest BCUT2D eigenvalue weighted by Gasteiger charge is 2.29. The number of amides is 2. The molecular weight excluding hydrogens is 240 g/mol. The van der Waals surface area contributed by atoms with Crippen LogP contribution in [0.25, 0.3) is 0 Å². The Morgan fingerprint density at radius 2 is 2.06 bits per heavy atom. The van der Waals surface area contributed by atoms with Crippen molar-refractivity contribution >= 4 is 11.8 Å². The van der Waals surface area contributed by atoms with E-state index in [1.165, 1.54) is 0 Å². The molecule has 2 N–H and O–H groups in total. The standard InChI is InChI=1S/C10H8N4O4/c11-3-5-4-14(10(18)13-8(5)16)6-1-2-7(15)12-9(6)17/h4,6H,1-2H2,(H,12,15,17)(H,13,16,18). The fourth-order valence-electron chi connectivity index (χ4n) is 1.74. The van der Waals surface area contributed by atoms with E-state index in [0.29, 0.717) is 0 Å². The Bertz CT molecular complexity index is 678. The van der Waals surface area contributed by atoms with Crippen LogP contribution in [0.2, 0.25) is 0 Å². The number of piperidine rings is 1. The molecular formula is C10H8N4O4. The van der Waals surface area contributed by atoms with E-state index in [9.17, 15) is 19.2 Å². The van der Waals surface area contributed by atoms with Crippen molar-refractivity contribution in [1.82, 2.24) is 14.9 Å². The zero-order chi connectivity index (χ0) is 13.3. The molecule has 1 atom stereocenters. The highest BCUT2D eigenvalue weighted by atomic mass is 16.2. The minimum atomic E-state index is -0.890. The molecule has 8 heteroatoms.